The molecule has 0 saturated carbocycles. The van der Waals surface area contributed by atoms with Crippen LogP contribution in [0.4, 0.5) is 0 Å². The average Bonchev–Trinajstić information content (AvgIpc) is 2.53. The number of halogens is 1. The van der Waals surface area contributed by atoms with Crippen LogP contribution in [0.2, 0.25) is 0 Å². The molecule has 0 fully saturated rings. The molecule has 0 amide bonds. The molecular formula is C12H17IO3. The number of ketones is 1. The maximum atomic E-state index is 11.5. The van der Waals surface area contributed by atoms with E-state index in [4.69, 9.17) is 5.11 Å². The van der Waals surface area contributed by atoms with Crippen molar-refractivity contribution in [2.45, 2.75) is 51.4 Å². The fourth-order valence-electron chi connectivity index (χ4n) is 1.88. The molecule has 1 N–H and O–H groups in total. The van der Waals surface area contributed by atoms with E-state index in [2.05, 4.69) is 22.6 Å². The van der Waals surface area contributed by atoms with Crippen LogP contribution < -0.4 is 0 Å². The zero-order chi connectivity index (χ0) is 12.0. The summed E-state index contributed by atoms with van der Waals surface area (Å²) >= 11 is 2.27. The van der Waals surface area contributed by atoms with Crippen LogP contribution in [0, 0.1) is 0 Å². The first kappa shape index (κ1) is 13.7. The largest absolute Gasteiger partial charge is 0.481 e. The second kappa shape index (κ2) is 7.04. The third-order valence-electron chi connectivity index (χ3n) is 2.80. The number of Topliss-reactive ketones (excluding diaryl/α,β-unsaturated/α-hetero) is 1. The van der Waals surface area contributed by atoms with Crippen molar-refractivity contribution >= 4 is 34.3 Å². The average molecular weight is 336 g/mol. The molecule has 0 aliphatic heterocycles. The van der Waals surface area contributed by atoms with Crippen molar-refractivity contribution in [1.29, 1.82) is 0 Å². The van der Waals surface area contributed by atoms with Gasteiger partial charge in [0.1, 0.15) is 0 Å². The lowest BCUT2D eigenvalue weighted by Gasteiger charge is -2.02. The molecule has 1 aliphatic rings. The summed E-state index contributed by atoms with van der Waals surface area (Å²) < 4.78 is 1.23. The molecule has 0 heterocycles. The third kappa shape index (κ3) is 4.63. The maximum Gasteiger partial charge on any atom is 0.303 e. The molecule has 0 unspecified atom stereocenters. The van der Waals surface area contributed by atoms with E-state index >= 15 is 0 Å². The predicted molar refractivity (Wildman–Crippen MR) is 70.6 cm³/mol. The molecule has 3 nitrogen and oxygen atoms in total. The van der Waals surface area contributed by atoms with Crippen LogP contribution in [-0.2, 0) is 9.59 Å². The van der Waals surface area contributed by atoms with E-state index in [1.54, 1.807) is 0 Å². The van der Waals surface area contributed by atoms with Crippen LogP contribution in [0.5, 0.6) is 0 Å². The van der Waals surface area contributed by atoms with Gasteiger partial charge in [-0.05, 0) is 51.9 Å². The van der Waals surface area contributed by atoms with Crippen LogP contribution in [0.15, 0.2) is 9.15 Å². The van der Waals surface area contributed by atoms with E-state index in [0.29, 0.717) is 12.2 Å². The van der Waals surface area contributed by atoms with Gasteiger partial charge in [0.25, 0.3) is 0 Å². The summed E-state index contributed by atoms with van der Waals surface area (Å²) in [5, 5.41) is 8.46. The lowest BCUT2D eigenvalue weighted by molar-refractivity contribution is -0.137. The normalized spacial score (nSPS) is 15.9. The Bertz CT molecular complexity index is 307. The molecule has 0 atom stereocenters. The zero-order valence-corrected chi connectivity index (χ0v) is 11.5. The summed E-state index contributed by atoms with van der Waals surface area (Å²) in [6, 6.07) is 0. The number of carboxylic acid groups (broad SMARTS) is 1. The van der Waals surface area contributed by atoms with Gasteiger partial charge < -0.3 is 5.11 Å². The second-order valence-electron chi connectivity index (χ2n) is 4.11. The SMILES string of the molecule is O=C(O)CCCCCCC1=C(I)CCC1=O. The molecule has 16 heavy (non-hydrogen) atoms. The number of hydrogen-bond acceptors (Lipinski definition) is 2. The molecule has 90 valence electrons. The van der Waals surface area contributed by atoms with Crippen LogP contribution >= 0.6 is 22.6 Å². The number of carboxylic acids is 1. The Morgan fingerprint density at radius 2 is 1.88 bits per heavy atom. The molecule has 0 aromatic carbocycles. The van der Waals surface area contributed by atoms with Crippen LogP contribution in [0.3, 0.4) is 0 Å². The Kier molecular flexibility index (Phi) is 6.01. The van der Waals surface area contributed by atoms with Gasteiger partial charge in [-0.15, -0.1) is 0 Å². The summed E-state index contributed by atoms with van der Waals surface area (Å²) in [4.78, 5) is 21.7. The number of rotatable bonds is 7. The van der Waals surface area contributed by atoms with Crippen LogP contribution in [0.1, 0.15) is 51.4 Å². The van der Waals surface area contributed by atoms with E-state index < -0.39 is 5.97 Å². The van der Waals surface area contributed by atoms with Gasteiger partial charge in [-0.1, -0.05) is 12.8 Å². The van der Waals surface area contributed by atoms with Crippen LogP contribution in [-0.4, -0.2) is 16.9 Å². The number of hydrogen-bond donors (Lipinski definition) is 1. The number of carbonyl (C=O) groups is 2. The first-order chi connectivity index (χ1) is 7.61. The van der Waals surface area contributed by atoms with Crippen molar-refractivity contribution in [2.24, 2.45) is 0 Å². The molecule has 0 radical (unpaired) electrons. The summed E-state index contributed by atoms with van der Waals surface area (Å²) in [6.07, 6.45) is 6.48. The predicted octanol–water partition coefficient (Wildman–Crippen LogP) is 3.46. The third-order valence-corrected chi connectivity index (χ3v) is 3.99. The first-order valence-electron chi connectivity index (χ1n) is 5.74. The summed E-state index contributed by atoms with van der Waals surface area (Å²) in [6.45, 7) is 0. The molecule has 4 heteroatoms. The topological polar surface area (TPSA) is 54.4 Å². The Labute approximate surface area is 109 Å². The Morgan fingerprint density at radius 3 is 2.44 bits per heavy atom. The molecule has 0 spiro atoms. The van der Waals surface area contributed by atoms with Gasteiger partial charge in [-0.25, -0.2) is 0 Å². The van der Waals surface area contributed by atoms with E-state index in [1.807, 2.05) is 0 Å². The van der Waals surface area contributed by atoms with Gasteiger partial charge in [-0.2, -0.15) is 0 Å². The van der Waals surface area contributed by atoms with E-state index in [0.717, 1.165) is 44.1 Å². The lowest BCUT2D eigenvalue weighted by atomic mass is 10.0. The highest BCUT2D eigenvalue weighted by atomic mass is 127. The molecule has 1 aliphatic carbocycles. The summed E-state index contributed by atoms with van der Waals surface area (Å²) in [7, 11) is 0. The highest BCUT2D eigenvalue weighted by Crippen LogP contribution is 2.31. The Morgan fingerprint density at radius 1 is 1.19 bits per heavy atom. The molecule has 1 rings (SSSR count). The maximum absolute atomic E-state index is 11.5. The number of unbranched alkanes of at least 4 members (excludes halogenated alkanes) is 3. The zero-order valence-electron chi connectivity index (χ0n) is 9.30. The minimum Gasteiger partial charge on any atom is -0.481 e. The smallest absolute Gasteiger partial charge is 0.303 e. The molecule has 0 bridgehead atoms. The second-order valence-corrected chi connectivity index (χ2v) is 5.42. The van der Waals surface area contributed by atoms with Crippen LogP contribution in [0.25, 0.3) is 0 Å². The number of aliphatic carboxylic acids is 1. The highest BCUT2D eigenvalue weighted by Gasteiger charge is 2.20. The number of allylic oxidation sites excluding steroid dienone is 2. The summed E-state index contributed by atoms with van der Waals surface area (Å²) in [5.41, 5.74) is 1.03. The van der Waals surface area contributed by atoms with Gasteiger partial charge in [0.15, 0.2) is 5.78 Å². The fraction of sp³-hybridized carbons (Fsp3) is 0.667. The van der Waals surface area contributed by atoms with Gasteiger partial charge in [-0.3, -0.25) is 9.59 Å². The molecule has 0 aromatic heterocycles. The van der Waals surface area contributed by atoms with Crippen molar-refractivity contribution in [3.8, 4) is 0 Å². The molecule has 0 aromatic rings. The van der Waals surface area contributed by atoms with Gasteiger partial charge in [0.2, 0.25) is 0 Å². The van der Waals surface area contributed by atoms with Gasteiger partial charge in [0.05, 0.1) is 0 Å². The number of carbonyl (C=O) groups excluding carboxylic acids is 1. The van der Waals surface area contributed by atoms with Gasteiger partial charge >= 0.3 is 5.97 Å². The fourth-order valence-corrected chi connectivity index (χ4v) is 2.72. The highest BCUT2D eigenvalue weighted by molar-refractivity contribution is 14.1. The molecular weight excluding hydrogens is 319 g/mol. The minimum atomic E-state index is -0.719. The standard InChI is InChI=1S/C12H17IO3/c13-10-7-8-11(14)9(10)5-3-1-2-4-6-12(15)16/h1-8H2,(H,15,16). The van der Waals surface area contributed by atoms with Crippen molar-refractivity contribution < 1.29 is 14.7 Å². The van der Waals surface area contributed by atoms with Crippen molar-refractivity contribution in [1.82, 2.24) is 0 Å². The van der Waals surface area contributed by atoms with Crippen molar-refractivity contribution in [2.75, 3.05) is 0 Å². The summed E-state index contributed by atoms with van der Waals surface area (Å²) in [5.74, 6) is -0.404. The lowest BCUT2D eigenvalue weighted by Crippen LogP contribution is -1.96. The first-order valence-corrected chi connectivity index (χ1v) is 6.81. The van der Waals surface area contributed by atoms with E-state index in [1.165, 1.54) is 3.58 Å². The van der Waals surface area contributed by atoms with E-state index in [-0.39, 0.29) is 6.42 Å². The quantitative estimate of drug-likeness (QED) is 0.572. The van der Waals surface area contributed by atoms with E-state index in [9.17, 15) is 9.59 Å². The Balaban J connectivity index is 2.09. The Hall–Kier alpha value is -0.390. The monoisotopic (exact) mass is 336 g/mol. The minimum absolute atomic E-state index is 0.263. The van der Waals surface area contributed by atoms with Gasteiger partial charge in [0, 0.05) is 18.4 Å². The van der Waals surface area contributed by atoms with Crippen molar-refractivity contribution in [3.05, 3.63) is 9.15 Å². The van der Waals surface area contributed by atoms with Crippen molar-refractivity contribution in [3.63, 3.8) is 0 Å². The molecule has 0 saturated heterocycles.